The van der Waals surface area contributed by atoms with Gasteiger partial charge in [-0.15, -0.1) is 6.58 Å². The second-order valence-electron chi connectivity index (χ2n) is 4.59. The number of esters is 1. The molecule has 0 spiro atoms. The van der Waals surface area contributed by atoms with E-state index in [9.17, 15) is 4.79 Å². The molecule has 2 nitrogen and oxygen atoms in total. The molecule has 0 aromatic rings. The third-order valence-corrected chi connectivity index (χ3v) is 3.40. The van der Waals surface area contributed by atoms with Crippen molar-refractivity contribution in [3.05, 3.63) is 24.3 Å². The minimum Gasteiger partial charge on any atom is -0.469 e. The van der Waals surface area contributed by atoms with Gasteiger partial charge < -0.3 is 4.74 Å². The average Bonchev–Trinajstić information content (AvgIpc) is 2.49. The topological polar surface area (TPSA) is 26.3 Å². The number of ether oxygens (including phenoxy) is 1. The molecular weight excluding hydrogens is 188 g/mol. The van der Waals surface area contributed by atoms with Crippen molar-refractivity contribution in [3.63, 3.8) is 0 Å². The summed E-state index contributed by atoms with van der Waals surface area (Å²) < 4.78 is 4.83. The zero-order valence-electron chi connectivity index (χ0n) is 9.88. The Kier molecular flexibility index (Phi) is 3.72. The molecule has 0 N–H and O–H groups in total. The van der Waals surface area contributed by atoms with Gasteiger partial charge in [0.25, 0.3) is 0 Å². The zero-order valence-corrected chi connectivity index (χ0v) is 9.88. The first-order valence-corrected chi connectivity index (χ1v) is 5.42. The van der Waals surface area contributed by atoms with Gasteiger partial charge in [-0.25, -0.2) is 0 Å². The van der Waals surface area contributed by atoms with Crippen LogP contribution in [-0.4, -0.2) is 13.1 Å². The summed E-state index contributed by atoms with van der Waals surface area (Å²) in [5, 5.41) is 0. The summed E-state index contributed by atoms with van der Waals surface area (Å²) in [5.74, 6) is -0.104. The number of methoxy groups -OCH3 is 1. The second kappa shape index (κ2) is 4.65. The third-order valence-electron chi connectivity index (χ3n) is 3.40. The van der Waals surface area contributed by atoms with Crippen LogP contribution in [0, 0.1) is 11.3 Å². The molecule has 0 saturated heterocycles. The van der Waals surface area contributed by atoms with Gasteiger partial charge in [0.1, 0.15) is 0 Å². The van der Waals surface area contributed by atoms with E-state index in [0.717, 1.165) is 19.3 Å². The highest BCUT2D eigenvalue weighted by molar-refractivity contribution is 5.75. The van der Waals surface area contributed by atoms with Crippen LogP contribution in [0.25, 0.3) is 0 Å². The number of allylic oxidation sites excluding steroid dienone is 3. The highest BCUT2D eigenvalue weighted by Gasteiger charge is 2.41. The first kappa shape index (κ1) is 12.0. The number of carbonyl (C=O) groups excluding carboxylic acids is 1. The molecule has 1 unspecified atom stereocenters. The van der Waals surface area contributed by atoms with Gasteiger partial charge in [0.05, 0.1) is 13.0 Å². The molecule has 0 fully saturated rings. The van der Waals surface area contributed by atoms with Crippen LogP contribution in [0.2, 0.25) is 0 Å². The third kappa shape index (κ3) is 2.31. The summed E-state index contributed by atoms with van der Waals surface area (Å²) in [7, 11) is 1.46. The predicted octanol–water partition coefficient (Wildman–Crippen LogP) is 3.10. The molecule has 0 heterocycles. The van der Waals surface area contributed by atoms with Crippen LogP contribution >= 0.6 is 0 Å². The molecule has 15 heavy (non-hydrogen) atoms. The SMILES string of the molecule is C=CCCC1=CCC(C(=O)OC)C1(C)C. The lowest BCUT2D eigenvalue weighted by Gasteiger charge is -2.29. The fraction of sp³-hybridized carbons (Fsp3) is 0.615. The molecule has 0 amide bonds. The molecule has 0 aromatic carbocycles. The van der Waals surface area contributed by atoms with Crippen molar-refractivity contribution in [2.24, 2.45) is 11.3 Å². The van der Waals surface area contributed by atoms with Crippen LogP contribution in [-0.2, 0) is 9.53 Å². The van der Waals surface area contributed by atoms with Crippen molar-refractivity contribution in [1.29, 1.82) is 0 Å². The quantitative estimate of drug-likeness (QED) is 0.524. The molecule has 2 heteroatoms. The molecule has 1 rings (SSSR count). The van der Waals surface area contributed by atoms with Crippen molar-refractivity contribution < 1.29 is 9.53 Å². The normalized spacial score (nSPS) is 23.4. The van der Waals surface area contributed by atoms with Gasteiger partial charge in [-0.3, -0.25) is 4.79 Å². The summed E-state index contributed by atoms with van der Waals surface area (Å²) in [6, 6.07) is 0. The summed E-state index contributed by atoms with van der Waals surface area (Å²) >= 11 is 0. The minimum atomic E-state index is -0.0927. The Labute approximate surface area is 92.0 Å². The lowest BCUT2D eigenvalue weighted by molar-refractivity contribution is -0.148. The highest BCUT2D eigenvalue weighted by atomic mass is 16.5. The predicted molar refractivity (Wildman–Crippen MR) is 61.4 cm³/mol. The van der Waals surface area contributed by atoms with Crippen molar-refractivity contribution in [2.75, 3.05) is 7.11 Å². The number of hydrogen-bond donors (Lipinski definition) is 0. The smallest absolute Gasteiger partial charge is 0.309 e. The van der Waals surface area contributed by atoms with Gasteiger partial charge in [0.2, 0.25) is 0 Å². The monoisotopic (exact) mass is 208 g/mol. The Morgan fingerprint density at radius 1 is 1.73 bits per heavy atom. The van der Waals surface area contributed by atoms with Crippen LogP contribution in [0.1, 0.15) is 33.1 Å². The lowest BCUT2D eigenvalue weighted by Crippen LogP contribution is -2.29. The maximum Gasteiger partial charge on any atom is 0.309 e. The molecular formula is C13H20O2. The first-order valence-electron chi connectivity index (χ1n) is 5.42. The summed E-state index contributed by atoms with van der Waals surface area (Å²) in [6.45, 7) is 7.96. The molecule has 0 saturated carbocycles. The Morgan fingerprint density at radius 3 is 2.93 bits per heavy atom. The van der Waals surface area contributed by atoms with Crippen LogP contribution in [0.4, 0.5) is 0 Å². The van der Waals surface area contributed by atoms with Crippen molar-refractivity contribution in [3.8, 4) is 0 Å². The number of rotatable bonds is 4. The fourth-order valence-electron chi connectivity index (χ4n) is 2.26. The molecule has 1 aliphatic carbocycles. The Hall–Kier alpha value is -1.05. The Morgan fingerprint density at radius 2 is 2.40 bits per heavy atom. The second-order valence-corrected chi connectivity index (χ2v) is 4.59. The van der Waals surface area contributed by atoms with Gasteiger partial charge >= 0.3 is 5.97 Å². The molecule has 1 aliphatic rings. The van der Waals surface area contributed by atoms with E-state index in [2.05, 4.69) is 26.5 Å². The van der Waals surface area contributed by atoms with E-state index in [1.165, 1.54) is 12.7 Å². The minimum absolute atomic E-state index is 0.0117. The molecule has 1 atom stereocenters. The standard InChI is InChI=1S/C13H20O2/c1-5-6-7-10-8-9-11(12(14)15-4)13(10,2)3/h5,8,11H,1,6-7,9H2,2-4H3. The Bertz CT molecular complexity index is 287. The van der Waals surface area contributed by atoms with Gasteiger partial charge in [-0.2, -0.15) is 0 Å². The van der Waals surface area contributed by atoms with Gasteiger partial charge in [0, 0.05) is 0 Å². The van der Waals surface area contributed by atoms with E-state index in [1.807, 2.05) is 6.08 Å². The van der Waals surface area contributed by atoms with E-state index in [0.29, 0.717) is 0 Å². The van der Waals surface area contributed by atoms with E-state index in [4.69, 9.17) is 4.74 Å². The maximum absolute atomic E-state index is 11.6. The first-order chi connectivity index (χ1) is 7.04. The lowest BCUT2D eigenvalue weighted by atomic mass is 9.76. The molecule has 0 aliphatic heterocycles. The van der Waals surface area contributed by atoms with Gasteiger partial charge in [0.15, 0.2) is 0 Å². The fourth-order valence-corrected chi connectivity index (χ4v) is 2.26. The molecule has 0 aromatic heterocycles. The van der Waals surface area contributed by atoms with Gasteiger partial charge in [-0.05, 0) is 24.7 Å². The van der Waals surface area contributed by atoms with E-state index >= 15 is 0 Å². The van der Waals surface area contributed by atoms with Crippen molar-refractivity contribution >= 4 is 5.97 Å². The van der Waals surface area contributed by atoms with Crippen LogP contribution < -0.4 is 0 Å². The van der Waals surface area contributed by atoms with Crippen LogP contribution in [0.3, 0.4) is 0 Å². The molecule has 84 valence electrons. The summed E-state index contributed by atoms with van der Waals surface area (Å²) in [5.41, 5.74) is 1.30. The summed E-state index contributed by atoms with van der Waals surface area (Å²) in [6.07, 6.45) is 6.90. The van der Waals surface area contributed by atoms with E-state index in [1.54, 1.807) is 0 Å². The van der Waals surface area contributed by atoms with E-state index < -0.39 is 0 Å². The average molecular weight is 208 g/mol. The highest BCUT2D eigenvalue weighted by Crippen LogP contribution is 2.45. The van der Waals surface area contributed by atoms with Crippen LogP contribution in [0.5, 0.6) is 0 Å². The Balaban J connectivity index is 2.72. The number of carbonyl (C=O) groups is 1. The molecule has 0 radical (unpaired) electrons. The van der Waals surface area contributed by atoms with E-state index in [-0.39, 0.29) is 17.3 Å². The van der Waals surface area contributed by atoms with Gasteiger partial charge in [-0.1, -0.05) is 31.6 Å². The number of hydrogen-bond acceptors (Lipinski definition) is 2. The van der Waals surface area contributed by atoms with Crippen molar-refractivity contribution in [2.45, 2.75) is 33.1 Å². The largest absolute Gasteiger partial charge is 0.469 e. The maximum atomic E-state index is 11.6. The van der Waals surface area contributed by atoms with Crippen LogP contribution in [0.15, 0.2) is 24.3 Å². The summed E-state index contributed by atoms with van der Waals surface area (Å²) in [4.78, 5) is 11.6. The molecule has 0 bridgehead atoms. The van der Waals surface area contributed by atoms with Crippen molar-refractivity contribution in [1.82, 2.24) is 0 Å². The zero-order chi connectivity index (χ0) is 11.5.